The fraction of sp³-hybridized carbons (Fsp3) is 0.545. The molecular formula is C22H36IN5O2. The monoisotopic (exact) mass is 529 g/mol. The quantitative estimate of drug-likeness (QED) is 0.262. The Kier molecular flexibility index (Phi) is 12.4. The van der Waals surface area contributed by atoms with Gasteiger partial charge in [0.2, 0.25) is 5.89 Å². The molecule has 0 radical (unpaired) electrons. The van der Waals surface area contributed by atoms with Crippen molar-refractivity contribution in [3.05, 3.63) is 47.2 Å². The summed E-state index contributed by atoms with van der Waals surface area (Å²) in [7, 11) is 0. The second kappa shape index (κ2) is 14.2. The number of guanidine groups is 1. The molecule has 2 N–H and O–H groups in total. The van der Waals surface area contributed by atoms with Crippen LogP contribution in [0.25, 0.3) is 0 Å². The van der Waals surface area contributed by atoms with Crippen molar-refractivity contribution in [3.8, 4) is 5.75 Å². The number of halogens is 1. The van der Waals surface area contributed by atoms with Gasteiger partial charge in [0.1, 0.15) is 18.1 Å². The molecule has 1 heterocycles. The third kappa shape index (κ3) is 8.91. The number of hydrogen-bond acceptors (Lipinski definition) is 5. The molecule has 2 aromatic rings. The Labute approximate surface area is 197 Å². The molecule has 0 unspecified atom stereocenters. The van der Waals surface area contributed by atoms with E-state index >= 15 is 0 Å². The summed E-state index contributed by atoms with van der Waals surface area (Å²) in [5.41, 5.74) is 2.05. The van der Waals surface area contributed by atoms with Gasteiger partial charge in [0, 0.05) is 13.1 Å². The summed E-state index contributed by atoms with van der Waals surface area (Å²) < 4.78 is 11.4. The molecule has 2 rings (SSSR count). The van der Waals surface area contributed by atoms with Gasteiger partial charge < -0.3 is 24.7 Å². The molecule has 0 aliphatic carbocycles. The van der Waals surface area contributed by atoms with E-state index in [0.717, 1.165) is 54.9 Å². The molecule has 0 fully saturated rings. The first-order valence-corrected chi connectivity index (χ1v) is 10.4. The molecule has 0 atom stereocenters. The molecule has 0 aliphatic heterocycles. The first kappa shape index (κ1) is 26.2. The van der Waals surface area contributed by atoms with Crippen LogP contribution in [0.4, 0.5) is 0 Å². The molecule has 1 aromatic heterocycles. The lowest BCUT2D eigenvalue weighted by molar-refractivity contribution is 0.223. The summed E-state index contributed by atoms with van der Waals surface area (Å²) in [6, 6.07) is 8.12. The number of likely N-dealkylation sites (N-methyl/N-ethyl adjacent to an activating group) is 1. The lowest BCUT2D eigenvalue weighted by Crippen LogP contribution is -2.36. The highest BCUT2D eigenvalue weighted by Gasteiger charge is 2.06. The normalized spacial score (nSPS) is 11.3. The smallest absolute Gasteiger partial charge is 0.214 e. The lowest BCUT2D eigenvalue weighted by atomic mass is 10.2. The maximum absolute atomic E-state index is 5.84. The fourth-order valence-electron chi connectivity index (χ4n) is 2.81. The van der Waals surface area contributed by atoms with Crippen molar-refractivity contribution in [2.75, 3.05) is 32.8 Å². The molecule has 0 amide bonds. The number of aromatic nitrogens is 1. The molecule has 168 valence electrons. The highest BCUT2D eigenvalue weighted by atomic mass is 127. The average Bonchev–Trinajstić information content (AvgIpc) is 3.06. The van der Waals surface area contributed by atoms with Crippen molar-refractivity contribution < 1.29 is 9.15 Å². The van der Waals surface area contributed by atoms with Gasteiger partial charge in [-0.25, -0.2) is 9.98 Å². The van der Waals surface area contributed by atoms with Crippen molar-refractivity contribution in [1.29, 1.82) is 0 Å². The Hall–Kier alpha value is -1.81. The molecule has 0 aliphatic rings. The van der Waals surface area contributed by atoms with E-state index in [0.29, 0.717) is 25.6 Å². The van der Waals surface area contributed by atoms with Crippen molar-refractivity contribution in [2.24, 2.45) is 4.99 Å². The van der Waals surface area contributed by atoms with Gasteiger partial charge in [0.15, 0.2) is 5.96 Å². The van der Waals surface area contributed by atoms with E-state index in [1.165, 1.54) is 0 Å². The maximum atomic E-state index is 5.84. The van der Waals surface area contributed by atoms with E-state index in [4.69, 9.17) is 9.15 Å². The van der Waals surface area contributed by atoms with Gasteiger partial charge in [-0.15, -0.1) is 24.0 Å². The summed E-state index contributed by atoms with van der Waals surface area (Å²) in [5, 5.41) is 6.51. The summed E-state index contributed by atoms with van der Waals surface area (Å²) in [5.74, 6) is 3.14. The van der Waals surface area contributed by atoms with Crippen LogP contribution < -0.4 is 15.4 Å². The van der Waals surface area contributed by atoms with E-state index in [-0.39, 0.29) is 24.0 Å². The van der Waals surface area contributed by atoms with Crippen LogP contribution >= 0.6 is 24.0 Å². The van der Waals surface area contributed by atoms with Gasteiger partial charge in [-0.2, -0.15) is 0 Å². The van der Waals surface area contributed by atoms with Crippen LogP contribution in [0.15, 0.2) is 33.7 Å². The van der Waals surface area contributed by atoms with Gasteiger partial charge in [-0.05, 0) is 51.6 Å². The Morgan fingerprint density at radius 1 is 1.10 bits per heavy atom. The lowest BCUT2D eigenvalue weighted by Gasteiger charge is -2.18. The van der Waals surface area contributed by atoms with Gasteiger partial charge in [0.05, 0.1) is 18.8 Å². The molecule has 0 saturated carbocycles. The summed E-state index contributed by atoms with van der Waals surface area (Å²) in [4.78, 5) is 11.4. The number of oxazole rings is 1. The number of aryl methyl sites for hydroxylation is 2. The van der Waals surface area contributed by atoms with Gasteiger partial charge in [-0.1, -0.05) is 26.0 Å². The number of benzene rings is 1. The topological polar surface area (TPSA) is 74.9 Å². The number of hydrogen-bond donors (Lipinski definition) is 2. The number of aliphatic imine (C=N–C) groups is 1. The Balaban J connectivity index is 0.00000450. The average molecular weight is 529 g/mol. The molecule has 0 spiro atoms. The Bertz CT molecular complexity index is 738. The third-order valence-electron chi connectivity index (χ3n) is 4.74. The minimum absolute atomic E-state index is 0. The number of nitrogens with zero attached hydrogens (tertiary/aromatic N) is 3. The van der Waals surface area contributed by atoms with Crippen molar-refractivity contribution in [2.45, 2.75) is 47.7 Å². The van der Waals surface area contributed by atoms with Crippen molar-refractivity contribution in [3.63, 3.8) is 0 Å². The summed E-state index contributed by atoms with van der Waals surface area (Å²) in [6.07, 6.45) is 0. The Morgan fingerprint density at radius 2 is 1.80 bits per heavy atom. The minimum Gasteiger partial charge on any atom is -0.492 e. The molecule has 0 bridgehead atoms. The second-order valence-electron chi connectivity index (χ2n) is 6.82. The standard InChI is InChI=1S/C22H35N5O2.HI/c1-6-23-22(25-16-21-26-17(4)18(5)29-21)24-15-19-9-11-20(12-10-19)28-14-13-27(7-2)8-3;/h9-12H,6-8,13-16H2,1-5H3,(H2,23,24,25);1H. The van der Waals surface area contributed by atoms with Crippen LogP contribution in [0.5, 0.6) is 5.75 Å². The van der Waals surface area contributed by atoms with Crippen molar-refractivity contribution >= 4 is 29.9 Å². The predicted octanol–water partition coefficient (Wildman–Crippen LogP) is 3.89. The fourth-order valence-corrected chi connectivity index (χ4v) is 2.81. The van der Waals surface area contributed by atoms with Crippen LogP contribution in [0.1, 0.15) is 43.7 Å². The molecule has 1 aromatic carbocycles. The van der Waals surface area contributed by atoms with E-state index in [2.05, 4.69) is 51.5 Å². The van der Waals surface area contributed by atoms with Crippen LogP contribution in [0.2, 0.25) is 0 Å². The first-order valence-electron chi connectivity index (χ1n) is 10.4. The minimum atomic E-state index is 0. The zero-order chi connectivity index (χ0) is 21.1. The highest BCUT2D eigenvalue weighted by molar-refractivity contribution is 14.0. The van der Waals surface area contributed by atoms with E-state index in [9.17, 15) is 0 Å². The second-order valence-corrected chi connectivity index (χ2v) is 6.82. The Morgan fingerprint density at radius 3 is 2.37 bits per heavy atom. The molecule has 8 heteroatoms. The number of nitrogens with one attached hydrogen (secondary N) is 2. The highest BCUT2D eigenvalue weighted by Crippen LogP contribution is 2.13. The largest absolute Gasteiger partial charge is 0.492 e. The van der Waals surface area contributed by atoms with Crippen LogP contribution in [-0.4, -0.2) is 48.6 Å². The van der Waals surface area contributed by atoms with E-state index < -0.39 is 0 Å². The van der Waals surface area contributed by atoms with Crippen LogP contribution in [-0.2, 0) is 13.1 Å². The number of ether oxygens (including phenoxy) is 1. The predicted molar refractivity (Wildman–Crippen MR) is 133 cm³/mol. The van der Waals surface area contributed by atoms with Crippen LogP contribution in [0.3, 0.4) is 0 Å². The van der Waals surface area contributed by atoms with E-state index in [1.807, 2.05) is 32.9 Å². The SMILES string of the molecule is CCNC(=NCc1ccc(OCCN(CC)CC)cc1)NCc1nc(C)c(C)o1.I. The summed E-state index contributed by atoms with van der Waals surface area (Å²) >= 11 is 0. The zero-order valence-corrected chi connectivity index (χ0v) is 21.2. The third-order valence-corrected chi connectivity index (χ3v) is 4.74. The molecule has 0 saturated heterocycles. The molecular weight excluding hydrogens is 493 g/mol. The number of rotatable bonds is 11. The molecule has 30 heavy (non-hydrogen) atoms. The van der Waals surface area contributed by atoms with E-state index in [1.54, 1.807) is 0 Å². The summed E-state index contributed by atoms with van der Waals surface area (Å²) in [6.45, 7) is 15.9. The van der Waals surface area contributed by atoms with Crippen LogP contribution in [0, 0.1) is 13.8 Å². The van der Waals surface area contributed by atoms with Gasteiger partial charge in [0.25, 0.3) is 0 Å². The van der Waals surface area contributed by atoms with Crippen molar-refractivity contribution in [1.82, 2.24) is 20.5 Å². The van der Waals surface area contributed by atoms with Gasteiger partial charge >= 0.3 is 0 Å². The van der Waals surface area contributed by atoms with Gasteiger partial charge in [-0.3, -0.25) is 0 Å². The first-order chi connectivity index (χ1) is 14.0. The molecule has 7 nitrogen and oxygen atoms in total. The maximum Gasteiger partial charge on any atom is 0.214 e. The zero-order valence-electron chi connectivity index (χ0n) is 18.8.